The number of rotatable bonds is 2. The molecular weight excluding hydrogens is 257 g/mol. The summed E-state index contributed by atoms with van der Waals surface area (Å²) in [5.74, 6) is -1.21. The molecule has 0 N–H and O–H groups in total. The summed E-state index contributed by atoms with van der Waals surface area (Å²) in [7, 11) is 0. The highest BCUT2D eigenvalue weighted by molar-refractivity contribution is 5.15. The summed E-state index contributed by atoms with van der Waals surface area (Å²) < 4.78 is 37.8. The van der Waals surface area contributed by atoms with Gasteiger partial charge in [-0.2, -0.15) is 13.2 Å². The molecule has 0 aliphatic heterocycles. The van der Waals surface area contributed by atoms with E-state index in [0.717, 1.165) is 12.5 Å². The minimum atomic E-state index is -4.63. The first-order valence-electron chi connectivity index (χ1n) is 4.34. The Hall–Kier alpha value is -2.59. The first kappa shape index (κ1) is 11.9. The summed E-state index contributed by atoms with van der Waals surface area (Å²) in [6.07, 6.45) is -2.91. The zero-order valence-corrected chi connectivity index (χ0v) is 8.37. The second-order valence-electron chi connectivity index (χ2n) is 2.99. The Labute approximate surface area is 96.3 Å². The molecule has 0 aliphatic carbocycles. The normalized spacial score (nSPS) is 11.5. The van der Waals surface area contributed by atoms with Crippen molar-refractivity contribution in [2.45, 2.75) is 6.18 Å². The fourth-order valence-corrected chi connectivity index (χ4v) is 1.05. The van der Waals surface area contributed by atoms with Crippen molar-refractivity contribution in [2.75, 3.05) is 0 Å². The second kappa shape index (κ2) is 4.01. The van der Waals surface area contributed by atoms with E-state index in [0.29, 0.717) is 10.7 Å². The van der Waals surface area contributed by atoms with E-state index < -0.39 is 28.7 Å². The molecule has 2 heterocycles. The first-order chi connectivity index (χ1) is 8.38. The number of alkyl halides is 3. The van der Waals surface area contributed by atoms with E-state index >= 15 is 0 Å². The van der Waals surface area contributed by atoms with Gasteiger partial charge in [0.05, 0.1) is 0 Å². The van der Waals surface area contributed by atoms with Gasteiger partial charge in [0.15, 0.2) is 0 Å². The molecule has 0 amide bonds. The van der Waals surface area contributed by atoms with Gasteiger partial charge >= 0.3 is 12.1 Å². The molecule has 2 aromatic heterocycles. The number of halogens is 3. The Bertz CT molecular complexity index is 595. The quantitative estimate of drug-likeness (QED) is 0.589. The van der Waals surface area contributed by atoms with Gasteiger partial charge in [-0.15, -0.1) is 4.68 Å². The highest BCUT2D eigenvalue weighted by atomic mass is 19.4. The molecule has 2 aromatic rings. The SMILES string of the molecule is O=[N+]([O-])c1ncn(-c2nccc(C(F)(F)F)n2)n1. The van der Waals surface area contributed by atoms with Crippen LogP contribution in [0.5, 0.6) is 0 Å². The lowest BCUT2D eigenvalue weighted by atomic mass is 10.4. The van der Waals surface area contributed by atoms with E-state index in [4.69, 9.17) is 0 Å². The number of nitrogens with zero attached hydrogens (tertiary/aromatic N) is 6. The van der Waals surface area contributed by atoms with Crippen LogP contribution in [-0.2, 0) is 6.18 Å². The molecule has 0 saturated heterocycles. The molecule has 0 atom stereocenters. The summed E-state index contributed by atoms with van der Waals surface area (Å²) in [6, 6.07) is 0.675. The van der Waals surface area contributed by atoms with Gasteiger partial charge in [-0.1, -0.05) is 4.98 Å². The highest BCUT2D eigenvalue weighted by Crippen LogP contribution is 2.27. The van der Waals surface area contributed by atoms with Crippen molar-refractivity contribution in [1.29, 1.82) is 0 Å². The molecule has 0 bridgehead atoms. The molecule has 0 radical (unpaired) electrons. The molecule has 2 rings (SSSR count). The summed E-state index contributed by atoms with van der Waals surface area (Å²) >= 11 is 0. The Balaban J connectivity index is 2.41. The van der Waals surface area contributed by atoms with Crippen molar-refractivity contribution >= 4 is 5.95 Å². The Morgan fingerprint density at radius 2 is 2.06 bits per heavy atom. The summed E-state index contributed by atoms with van der Waals surface area (Å²) in [4.78, 5) is 19.4. The van der Waals surface area contributed by atoms with Crippen LogP contribution in [0.15, 0.2) is 18.6 Å². The van der Waals surface area contributed by atoms with Crippen LogP contribution in [0, 0.1) is 10.1 Å². The van der Waals surface area contributed by atoms with Gasteiger partial charge in [-0.05, 0) is 11.0 Å². The number of nitro groups is 1. The van der Waals surface area contributed by atoms with Crippen LogP contribution in [0.4, 0.5) is 19.1 Å². The molecular formula is C7H3F3N6O2. The van der Waals surface area contributed by atoms with Crippen LogP contribution in [0.25, 0.3) is 5.95 Å². The third-order valence-corrected chi connectivity index (χ3v) is 1.78. The smallest absolute Gasteiger partial charge is 0.390 e. The lowest BCUT2D eigenvalue weighted by Gasteiger charge is -2.04. The topological polar surface area (TPSA) is 99.6 Å². The van der Waals surface area contributed by atoms with E-state index in [2.05, 4.69) is 20.1 Å². The first-order valence-corrected chi connectivity index (χ1v) is 4.34. The molecule has 11 heteroatoms. The van der Waals surface area contributed by atoms with Crippen molar-refractivity contribution in [3.05, 3.63) is 34.4 Å². The van der Waals surface area contributed by atoms with Crippen LogP contribution >= 0.6 is 0 Å². The molecule has 0 saturated carbocycles. The van der Waals surface area contributed by atoms with Gasteiger partial charge in [0.2, 0.25) is 6.33 Å². The maximum atomic E-state index is 12.4. The average Bonchev–Trinajstić information content (AvgIpc) is 2.77. The highest BCUT2D eigenvalue weighted by Gasteiger charge is 2.33. The zero-order valence-electron chi connectivity index (χ0n) is 8.37. The Morgan fingerprint density at radius 1 is 1.33 bits per heavy atom. The molecule has 8 nitrogen and oxygen atoms in total. The van der Waals surface area contributed by atoms with Crippen LogP contribution in [0.1, 0.15) is 5.69 Å². The third-order valence-electron chi connectivity index (χ3n) is 1.78. The molecule has 0 unspecified atom stereocenters. The maximum Gasteiger partial charge on any atom is 0.491 e. The van der Waals surface area contributed by atoms with Crippen LogP contribution in [-0.4, -0.2) is 29.7 Å². The molecule has 94 valence electrons. The summed E-state index contributed by atoms with van der Waals surface area (Å²) in [6.45, 7) is 0. The maximum absolute atomic E-state index is 12.4. The fourth-order valence-electron chi connectivity index (χ4n) is 1.05. The van der Waals surface area contributed by atoms with E-state index in [1.165, 1.54) is 0 Å². The number of aromatic nitrogens is 5. The monoisotopic (exact) mass is 260 g/mol. The van der Waals surface area contributed by atoms with E-state index in [1.807, 2.05) is 0 Å². The van der Waals surface area contributed by atoms with E-state index in [9.17, 15) is 23.3 Å². The fraction of sp³-hybridized carbons (Fsp3) is 0.143. The van der Waals surface area contributed by atoms with Gasteiger partial charge in [0, 0.05) is 11.3 Å². The second-order valence-corrected chi connectivity index (χ2v) is 2.99. The third kappa shape index (κ3) is 2.23. The van der Waals surface area contributed by atoms with Crippen molar-refractivity contribution in [2.24, 2.45) is 0 Å². The summed E-state index contributed by atoms with van der Waals surface area (Å²) in [5.41, 5.74) is -1.18. The van der Waals surface area contributed by atoms with E-state index in [1.54, 1.807) is 0 Å². The predicted molar refractivity (Wildman–Crippen MR) is 48.6 cm³/mol. The Kier molecular flexibility index (Phi) is 2.65. The van der Waals surface area contributed by atoms with Crippen LogP contribution in [0.3, 0.4) is 0 Å². The zero-order chi connectivity index (χ0) is 13.3. The van der Waals surface area contributed by atoms with Crippen LogP contribution < -0.4 is 0 Å². The average molecular weight is 260 g/mol. The van der Waals surface area contributed by atoms with E-state index in [-0.39, 0.29) is 0 Å². The minimum absolute atomic E-state index is 0.453. The van der Waals surface area contributed by atoms with Gasteiger partial charge < -0.3 is 10.1 Å². The molecule has 0 aromatic carbocycles. The standard InChI is InChI=1S/C7H3F3N6O2/c8-7(9,10)4-1-2-11-5(13-4)15-3-12-6(14-15)16(17)18/h1-3H. The van der Waals surface area contributed by atoms with Gasteiger partial charge in [0.1, 0.15) is 5.69 Å². The van der Waals surface area contributed by atoms with Crippen molar-refractivity contribution in [3.8, 4) is 5.95 Å². The lowest BCUT2D eigenvalue weighted by molar-refractivity contribution is -0.394. The predicted octanol–water partition coefficient (Wildman–Crippen LogP) is 0.984. The lowest BCUT2D eigenvalue weighted by Crippen LogP contribution is -2.11. The van der Waals surface area contributed by atoms with Gasteiger partial charge in [-0.3, -0.25) is 0 Å². The Morgan fingerprint density at radius 3 is 2.61 bits per heavy atom. The number of hydrogen-bond donors (Lipinski definition) is 0. The largest absolute Gasteiger partial charge is 0.491 e. The molecule has 18 heavy (non-hydrogen) atoms. The molecule has 0 aliphatic rings. The van der Waals surface area contributed by atoms with Crippen molar-refractivity contribution < 1.29 is 18.1 Å². The van der Waals surface area contributed by atoms with Gasteiger partial charge in [0.25, 0.3) is 5.95 Å². The van der Waals surface area contributed by atoms with Gasteiger partial charge in [-0.25, -0.2) is 9.97 Å². The van der Waals surface area contributed by atoms with Crippen molar-refractivity contribution in [1.82, 2.24) is 24.7 Å². The summed E-state index contributed by atoms with van der Waals surface area (Å²) in [5, 5.41) is 13.6. The minimum Gasteiger partial charge on any atom is -0.390 e. The molecule has 0 spiro atoms. The molecule has 0 fully saturated rings. The van der Waals surface area contributed by atoms with Crippen molar-refractivity contribution in [3.63, 3.8) is 0 Å². The number of hydrogen-bond acceptors (Lipinski definition) is 6. The van der Waals surface area contributed by atoms with Crippen LogP contribution in [0.2, 0.25) is 0 Å².